The van der Waals surface area contributed by atoms with Gasteiger partial charge in [0.1, 0.15) is 11.6 Å². The highest BCUT2D eigenvalue weighted by atomic mass is 16.6. The Hall–Kier alpha value is -1.95. The van der Waals surface area contributed by atoms with E-state index in [1.807, 2.05) is 0 Å². The second-order valence-electron chi connectivity index (χ2n) is 5.36. The standard InChI is InChI=1S/C11H19N5O3/c1-11(2,3)19-10(18)16-6-7(14-15-12)5-8(16)9(17)13-4/h7-8H,5-6H2,1-4H3,(H,13,17). The lowest BCUT2D eigenvalue weighted by molar-refractivity contribution is -0.124. The Kier molecular flexibility index (Phi) is 4.61. The van der Waals surface area contributed by atoms with Gasteiger partial charge in [0.25, 0.3) is 0 Å². The highest BCUT2D eigenvalue weighted by Crippen LogP contribution is 2.23. The molecule has 8 heteroatoms. The minimum atomic E-state index is -0.657. The highest BCUT2D eigenvalue weighted by Gasteiger charge is 2.40. The Labute approximate surface area is 111 Å². The van der Waals surface area contributed by atoms with Crippen LogP contribution in [0, 0.1) is 0 Å². The first kappa shape index (κ1) is 15.1. The molecule has 8 nitrogen and oxygen atoms in total. The van der Waals surface area contributed by atoms with Crippen LogP contribution >= 0.6 is 0 Å². The van der Waals surface area contributed by atoms with Gasteiger partial charge in [-0.2, -0.15) is 0 Å². The molecule has 1 fully saturated rings. The molecule has 1 saturated heterocycles. The number of amides is 2. The Balaban J connectivity index is 2.85. The minimum absolute atomic E-state index is 0.192. The van der Waals surface area contributed by atoms with E-state index in [1.165, 1.54) is 11.9 Å². The van der Waals surface area contributed by atoms with Crippen LogP contribution in [0.1, 0.15) is 27.2 Å². The molecule has 1 N–H and O–H groups in total. The van der Waals surface area contributed by atoms with Crippen LogP contribution in [0.5, 0.6) is 0 Å². The van der Waals surface area contributed by atoms with E-state index in [9.17, 15) is 9.59 Å². The SMILES string of the molecule is CNC(=O)C1CC(N=[N+]=[N-])CN1C(=O)OC(C)(C)C. The van der Waals surface area contributed by atoms with Crippen molar-refractivity contribution in [1.82, 2.24) is 10.2 Å². The quantitative estimate of drug-likeness (QED) is 0.465. The molecule has 1 heterocycles. The van der Waals surface area contributed by atoms with Crippen molar-refractivity contribution in [2.45, 2.75) is 44.9 Å². The molecule has 0 radical (unpaired) electrons. The number of azide groups is 1. The lowest BCUT2D eigenvalue weighted by Gasteiger charge is -2.27. The molecule has 19 heavy (non-hydrogen) atoms. The second-order valence-corrected chi connectivity index (χ2v) is 5.36. The summed E-state index contributed by atoms with van der Waals surface area (Å²) in [6.45, 7) is 5.44. The summed E-state index contributed by atoms with van der Waals surface area (Å²) in [6.07, 6.45) is -0.264. The maximum absolute atomic E-state index is 12.0. The number of carbonyl (C=O) groups is 2. The number of likely N-dealkylation sites (N-methyl/N-ethyl adjacent to an activating group) is 1. The lowest BCUT2D eigenvalue weighted by atomic mass is 10.1. The van der Waals surface area contributed by atoms with Crippen LogP contribution in [0.25, 0.3) is 10.4 Å². The van der Waals surface area contributed by atoms with Crippen LogP contribution in [0.3, 0.4) is 0 Å². The van der Waals surface area contributed by atoms with E-state index in [-0.39, 0.29) is 12.5 Å². The van der Waals surface area contributed by atoms with Crippen LogP contribution in [0.4, 0.5) is 4.79 Å². The van der Waals surface area contributed by atoms with Crippen LogP contribution in [0.2, 0.25) is 0 Å². The third-order valence-electron chi connectivity index (χ3n) is 2.67. The van der Waals surface area contributed by atoms with Gasteiger partial charge >= 0.3 is 6.09 Å². The molecule has 0 saturated carbocycles. The third kappa shape index (κ3) is 4.03. The number of carbonyl (C=O) groups excluding carboxylic acids is 2. The van der Waals surface area contributed by atoms with Crippen molar-refractivity contribution in [1.29, 1.82) is 0 Å². The summed E-state index contributed by atoms with van der Waals surface area (Å²) in [5, 5.41) is 6.06. The summed E-state index contributed by atoms with van der Waals surface area (Å²) < 4.78 is 5.25. The van der Waals surface area contributed by atoms with Crippen LogP contribution < -0.4 is 5.32 Å². The van der Waals surface area contributed by atoms with Gasteiger partial charge in [-0.25, -0.2) is 4.79 Å². The fourth-order valence-corrected chi connectivity index (χ4v) is 1.91. The average molecular weight is 269 g/mol. The zero-order valence-electron chi connectivity index (χ0n) is 11.6. The van der Waals surface area contributed by atoms with E-state index >= 15 is 0 Å². The molecule has 0 bridgehead atoms. The molecule has 2 amide bonds. The van der Waals surface area contributed by atoms with Gasteiger partial charge < -0.3 is 10.1 Å². The van der Waals surface area contributed by atoms with Gasteiger partial charge in [-0.1, -0.05) is 5.11 Å². The summed E-state index contributed by atoms with van der Waals surface area (Å²) in [7, 11) is 1.50. The molecular weight excluding hydrogens is 250 g/mol. The molecule has 1 aliphatic heterocycles. The Morgan fingerprint density at radius 1 is 1.47 bits per heavy atom. The van der Waals surface area contributed by atoms with Crippen LogP contribution in [0.15, 0.2) is 5.11 Å². The summed E-state index contributed by atoms with van der Waals surface area (Å²) >= 11 is 0. The Morgan fingerprint density at radius 2 is 2.11 bits per heavy atom. The topological polar surface area (TPSA) is 107 Å². The van der Waals surface area contributed by atoms with Gasteiger partial charge in [-0.05, 0) is 32.7 Å². The number of nitrogens with one attached hydrogen (secondary N) is 1. The zero-order valence-corrected chi connectivity index (χ0v) is 11.6. The van der Waals surface area contributed by atoms with Crippen molar-refractivity contribution < 1.29 is 14.3 Å². The molecule has 1 aliphatic rings. The van der Waals surface area contributed by atoms with E-state index in [2.05, 4.69) is 15.3 Å². The van der Waals surface area contributed by atoms with Crippen molar-refractivity contribution in [2.24, 2.45) is 5.11 Å². The molecule has 1 rings (SSSR count). The first-order valence-corrected chi connectivity index (χ1v) is 6.04. The van der Waals surface area contributed by atoms with Gasteiger partial charge in [0.15, 0.2) is 0 Å². The summed E-state index contributed by atoms with van der Waals surface area (Å²) in [5.41, 5.74) is 7.81. The Morgan fingerprint density at radius 3 is 2.58 bits per heavy atom. The molecule has 0 aliphatic carbocycles. The Bertz CT molecular complexity index is 411. The highest BCUT2D eigenvalue weighted by molar-refractivity contribution is 5.86. The number of rotatable bonds is 2. The van der Waals surface area contributed by atoms with Crippen LogP contribution in [-0.2, 0) is 9.53 Å². The van der Waals surface area contributed by atoms with E-state index in [0.717, 1.165) is 0 Å². The van der Waals surface area contributed by atoms with Gasteiger partial charge in [-0.15, -0.1) is 0 Å². The number of ether oxygens (including phenoxy) is 1. The van der Waals surface area contributed by atoms with Gasteiger partial charge in [0.05, 0.1) is 6.04 Å². The fourth-order valence-electron chi connectivity index (χ4n) is 1.91. The lowest BCUT2D eigenvalue weighted by Crippen LogP contribution is -2.46. The van der Waals surface area contributed by atoms with Crippen LogP contribution in [-0.4, -0.2) is 48.2 Å². The second kappa shape index (κ2) is 5.79. The summed E-state index contributed by atoms with van der Waals surface area (Å²) in [5.74, 6) is -0.290. The number of hydrogen-bond donors (Lipinski definition) is 1. The van der Waals surface area contributed by atoms with E-state index in [0.29, 0.717) is 6.42 Å². The number of likely N-dealkylation sites (tertiary alicyclic amines) is 1. The zero-order chi connectivity index (χ0) is 14.6. The summed E-state index contributed by atoms with van der Waals surface area (Å²) in [4.78, 5) is 27.8. The van der Waals surface area contributed by atoms with Crippen molar-refractivity contribution >= 4 is 12.0 Å². The molecule has 2 atom stereocenters. The smallest absolute Gasteiger partial charge is 0.410 e. The van der Waals surface area contributed by atoms with Crippen molar-refractivity contribution in [3.05, 3.63) is 10.4 Å². The predicted octanol–water partition coefficient (Wildman–Crippen LogP) is 1.42. The third-order valence-corrected chi connectivity index (χ3v) is 2.67. The maximum atomic E-state index is 12.0. The van der Waals surface area contributed by atoms with E-state index in [4.69, 9.17) is 10.3 Å². The minimum Gasteiger partial charge on any atom is -0.444 e. The van der Waals surface area contributed by atoms with Crippen molar-refractivity contribution in [2.75, 3.05) is 13.6 Å². The molecule has 0 aromatic carbocycles. The molecular formula is C11H19N5O3. The van der Waals surface area contributed by atoms with Gasteiger partial charge in [-0.3, -0.25) is 9.69 Å². The largest absolute Gasteiger partial charge is 0.444 e. The van der Waals surface area contributed by atoms with Crippen molar-refractivity contribution in [3.8, 4) is 0 Å². The fraction of sp³-hybridized carbons (Fsp3) is 0.818. The molecule has 2 unspecified atom stereocenters. The summed E-state index contributed by atoms with van der Waals surface area (Å²) in [6, 6.07) is -1.06. The van der Waals surface area contributed by atoms with E-state index < -0.39 is 23.8 Å². The number of hydrogen-bond acceptors (Lipinski definition) is 4. The first-order chi connectivity index (χ1) is 8.78. The molecule has 0 aromatic rings. The van der Waals surface area contributed by atoms with Crippen molar-refractivity contribution in [3.63, 3.8) is 0 Å². The normalized spacial score (nSPS) is 22.6. The molecule has 0 spiro atoms. The number of nitrogens with zero attached hydrogens (tertiary/aromatic N) is 4. The predicted molar refractivity (Wildman–Crippen MR) is 68.3 cm³/mol. The first-order valence-electron chi connectivity index (χ1n) is 6.04. The van der Waals surface area contributed by atoms with Gasteiger partial charge in [0.2, 0.25) is 5.91 Å². The van der Waals surface area contributed by atoms with E-state index in [1.54, 1.807) is 20.8 Å². The molecule has 0 aromatic heterocycles. The monoisotopic (exact) mass is 269 g/mol. The molecule has 106 valence electrons. The average Bonchev–Trinajstić information content (AvgIpc) is 2.70. The maximum Gasteiger partial charge on any atom is 0.410 e. The van der Waals surface area contributed by atoms with Gasteiger partial charge in [0, 0.05) is 18.5 Å².